The third-order valence-corrected chi connectivity index (χ3v) is 5.92. The van der Waals surface area contributed by atoms with Crippen LogP contribution in [0.4, 0.5) is 8.78 Å². The molecule has 2 heterocycles. The van der Waals surface area contributed by atoms with Crippen molar-refractivity contribution in [2.24, 2.45) is 0 Å². The minimum Gasteiger partial charge on any atom is -0.481 e. The number of carbonyl (C=O) groups is 1. The van der Waals surface area contributed by atoms with E-state index in [9.17, 15) is 18.7 Å². The molecule has 0 radical (unpaired) electrons. The molecule has 0 saturated heterocycles. The largest absolute Gasteiger partial charge is 0.481 e. The highest BCUT2D eigenvalue weighted by molar-refractivity contribution is 6.09. The molecule has 1 saturated carbocycles. The highest BCUT2D eigenvalue weighted by atomic mass is 19.1. The van der Waals surface area contributed by atoms with Crippen molar-refractivity contribution in [3.05, 3.63) is 83.2 Å². The number of benzene rings is 2. The van der Waals surface area contributed by atoms with Gasteiger partial charge in [0.1, 0.15) is 17.3 Å². The zero-order chi connectivity index (χ0) is 24.4. The maximum absolute atomic E-state index is 14.5. The van der Waals surface area contributed by atoms with Crippen LogP contribution >= 0.6 is 0 Å². The Morgan fingerprint density at radius 2 is 1.91 bits per heavy atom. The van der Waals surface area contributed by atoms with Crippen LogP contribution < -0.4 is 4.74 Å². The number of hydrogen-bond donors (Lipinski definition) is 1. The predicted octanol–water partition coefficient (Wildman–Crippen LogP) is 6.64. The molecule has 0 bridgehead atoms. The SMILES string of the molecule is CC.COc1ncccc1-c1c(C(=O)O)n(Cc2ccc(F)cc2F)c2ccc(C3CC3)cc12. The Bertz CT molecular complexity index is 1360. The summed E-state index contributed by atoms with van der Waals surface area (Å²) in [5.41, 5.74) is 3.01. The van der Waals surface area contributed by atoms with Crippen molar-refractivity contribution >= 4 is 16.9 Å². The summed E-state index contributed by atoms with van der Waals surface area (Å²) in [7, 11) is 1.48. The number of hydrogen-bond acceptors (Lipinski definition) is 3. The molecule has 1 fully saturated rings. The van der Waals surface area contributed by atoms with Crippen LogP contribution in [0.3, 0.4) is 0 Å². The molecule has 1 N–H and O–H groups in total. The van der Waals surface area contributed by atoms with Gasteiger partial charge in [0.25, 0.3) is 0 Å². The van der Waals surface area contributed by atoms with Gasteiger partial charge in [-0.25, -0.2) is 18.6 Å². The number of ether oxygens (including phenoxy) is 1. The lowest BCUT2D eigenvalue weighted by Crippen LogP contribution is -2.11. The molecule has 34 heavy (non-hydrogen) atoms. The fourth-order valence-corrected chi connectivity index (χ4v) is 4.27. The van der Waals surface area contributed by atoms with E-state index < -0.39 is 17.6 Å². The summed E-state index contributed by atoms with van der Waals surface area (Å²) in [5, 5.41) is 11.0. The van der Waals surface area contributed by atoms with Gasteiger partial charge in [0, 0.05) is 39.9 Å². The van der Waals surface area contributed by atoms with Gasteiger partial charge in [-0.1, -0.05) is 26.0 Å². The standard InChI is InChI=1S/C25H20F2N2O3.C2H6/c1-32-24-18(3-2-10-28-24)22-19-11-15(14-4-5-14)7-9-21(19)29(23(22)25(30)31)13-16-6-8-17(26)12-20(16)27;1-2/h2-3,6-12,14H,4-5,13H2,1H3,(H,30,31);1-2H3. The Labute approximate surface area is 196 Å². The van der Waals surface area contributed by atoms with Crippen molar-refractivity contribution in [2.45, 2.75) is 39.2 Å². The van der Waals surface area contributed by atoms with Crippen molar-refractivity contribution in [2.75, 3.05) is 7.11 Å². The molecule has 2 aromatic heterocycles. The normalized spacial score (nSPS) is 12.9. The zero-order valence-electron chi connectivity index (χ0n) is 19.3. The molecule has 1 aliphatic rings. The molecule has 7 heteroatoms. The maximum atomic E-state index is 14.5. The second-order valence-corrected chi connectivity index (χ2v) is 7.96. The fraction of sp³-hybridized carbons (Fsp3) is 0.259. The van der Waals surface area contributed by atoms with E-state index in [0.717, 1.165) is 29.9 Å². The van der Waals surface area contributed by atoms with Crippen LogP contribution in [0, 0.1) is 11.6 Å². The van der Waals surface area contributed by atoms with E-state index in [-0.39, 0.29) is 17.8 Å². The Hall–Kier alpha value is -3.74. The summed E-state index contributed by atoms with van der Waals surface area (Å²) >= 11 is 0. The van der Waals surface area contributed by atoms with Crippen LogP contribution in [0.15, 0.2) is 54.7 Å². The summed E-state index contributed by atoms with van der Waals surface area (Å²) in [4.78, 5) is 16.8. The first-order valence-corrected chi connectivity index (χ1v) is 11.3. The molecule has 0 spiro atoms. The third kappa shape index (κ3) is 4.25. The van der Waals surface area contributed by atoms with Crippen molar-refractivity contribution < 1.29 is 23.4 Å². The minimum absolute atomic E-state index is 0.00275. The van der Waals surface area contributed by atoms with Crippen LogP contribution in [0.25, 0.3) is 22.0 Å². The Kier molecular flexibility index (Phi) is 6.63. The number of carboxylic acid groups (broad SMARTS) is 1. The number of pyridine rings is 1. The van der Waals surface area contributed by atoms with E-state index in [4.69, 9.17) is 4.74 Å². The Morgan fingerprint density at radius 1 is 1.15 bits per heavy atom. The molecule has 2 aromatic carbocycles. The molecular formula is C27H26F2N2O3. The molecular weight excluding hydrogens is 438 g/mol. The van der Waals surface area contributed by atoms with Gasteiger partial charge in [0.05, 0.1) is 13.7 Å². The smallest absolute Gasteiger partial charge is 0.353 e. The molecule has 0 aliphatic heterocycles. The van der Waals surface area contributed by atoms with E-state index in [1.54, 1.807) is 22.9 Å². The van der Waals surface area contributed by atoms with Crippen LogP contribution in [-0.4, -0.2) is 27.7 Å². The molecule has 1 aliphatic carbocycles. The second kappa shape index (κ2) is 9.63. The van der Waals surface area contributed by atoms with E-state index in [1.807, 2.05) is 32.0 Å². The number of aromatic nitrogens is 2. The molecule has 0 unspecified atom stereocenters. The number of rotatable bonds is 6. The Balaban J connectivity index is 0.00000133. The predicted molar refractivity (Wildman–Crippen MR) is 127 cm³/mol. The average Bonchev–Trinajstić information content (AvgIpc) is 3.64. The molecule has 5 nitrogen and oxygen atoms in total. The first-order chi connectivity index (χ1) is 16.5. The lowest BCUT2D eigenvalue weighted by Gasteiger charge is -2.11. The quantitative estimate of drug-likeness (QED) is 0.347. The molecule has 5 rings (SSSR count). The summed E-state index contributed by atoms with van der Waals surface area (Å²) in [6.45, 7) is 3.94. The van der Waals surface area contributed by atoms with Gasteiger partial charge in [0.2, 0.25) is 5.88 Å². The number of carboxylic acids is 1. The molecule has 176 valence electrons. The maximum Gasteiger partial charge on any atom is 0.353 e. The highest BCUT2D eigenvalue weighted by Crippen LogP contribution is 2.44. The van der Waals surface area contributed by atoms with Crippen LogP contribution in [0.2, 0.25) is 0 Å². The van der Waals surface area contributed by atoms with E-state index in [2.05, 4.69) is 4.98 Å². The fourth-order valence-electron chi connectivity index (χ4n) is 4.27. The zero-order valence-corrected chi connectivity index (χ0v) is 19.3. The number of nitrogens with zero attached hydrogens (tertiary/aromatic N) is 2. The number of methoxy groups -OCH3 is 1. The van der Waals surface area contributed by atoms with Gasteiger partial charge < -0.3 is 14.4 Å². The van der Waals surface area contributed by atoms with Gasteiger partial charge in [-0.3, -0.25) is 0 Å². The molecule has 0 amide bonds. The number of aromatic carboxylic acids is 1. The van der Waals surface area contributed by atoms with Gasteiger partial charge in [0.15, 0.2) is 0 Å². The Morgan fingerprint density at radius 3 is 2.56 bits per heavy atom. The van der Waals surface area contributed by atoms with Gasteiger partial charge in [-0.2, -0.15) is 0 Å². The van der Waals surface area contributed by atoms with E-state index >= 15 is 0 Å². The van der Waals surface area contributed by atoms with Crippen LogP contribution in [0.1, 0.15) is 54.2 Å². The van der Waals surface area contributed by atoms with Crippen molar-refractivity contribution in [3.63, 3.8) is 0 Å². The lowest BCUT2D eigenvalue weighted by molar-refractivity contribution is 0.0687. The summed E-state index contributed by atoms with van der Waals surface area (Å²) in [5.74, 6) is -1.79. The van der Waals surface area contributed by atoms with E-state index in [1.165, 1.54) is 19.2 Å². The topological polar surface area (TPSA) is 64.3 Å². The second-order valence-electron chi connectivity index (χ2n) is 7.96. The average molecular weight is 465 g/mol. The summed E-state index contributed by atoms with van der Waals surface area (Å²) in [6.07, 6.45) is 3.78. The van der Waals surface area contributed by atoms with Gasteiger partial charge in [-0.05, 0) is 54.7 Å². The highest BCUT2D eigenvalue weighted by Gasteiger charge is 2.29. The van der Waals surface area contributed by atoms with Crippen molar-refractivity contribution in [1.29, 1.82) is 0 Å². The number of halogens is 2. The van der Waals surface area contributed by atoms with Crippen LogP contribution in [0.5, 0.6) is 5.88 Å². The van der Waals surface area contributed by atoms with Gasteiger partial charge >= 0.3 is 5.97 Å². The van der Waals surface area contributed by atoms with Gasteiger partial charge in [-0.15, -0.1) is 0 Å². The lowest BCUT2D eigenvalue weighted by atomic mass is 10.00. The summed E-state index contributed by atoms with van der Waals surface area (Å²) < 4.78 is 34.9. The van der Waals surface area contributed by atoms with Crippen molar-refractivity contribution in [3.8, 4) is 17.0 Å². The van der Waals surface area contributed by atoms with Crippen molar-refractivity contribution in [1.82, 2.24) is 9.55 Å². The third-order valence-electron chi connectivity index (χ3n) is 5.92. The molecule has 4 aromatic rings. The monoisotopic (exact) mass is 464 g/mol. The van der Waals surface area contributed by atoms with E-state index in [0.29, 0.717) is 28.4 Å². The molecule has 0 atom stereocenters. The first kappa shape index (κ1) is 23.4. The summed E-state index contributed by atoms with van der Waals surface area (Å²) in [6, 6.07) is 12.7. The van der Waals surface area contributed by atoms with Crippen LogP contribution in [-0.2, 0) is 6.54 Å². The first-order valence-electron chi connectivity index (χ1n) is 11.3. The minimum atomic E-state index is -1.16. The number of fused-ring (bicyclic) bond motifs is 1.